The zero-order valence-electron chi connectivity index (χ0n) is 8.36. The van der Waals surface area contributed by atoms with E-state index in [1.807, 2.05) is 0 Å². The SMILES string of the molecule is NC(=S)N/N=C/c1cccc(OC(F)(F)F)c1. The molecule has 0 unspecified atom stereocenters. The number of benzene rings is 1. The zero-order valence-corrected chi connectivity index (χ0v) is 9.18. The third kappa shape index (κ3) is 5.71. The number of thiocarbonyl (C=S) groups is 1. The summed E-state index contributed by atoms with van der Waals surface area (Å²) in [6.45, 7) is 0. The summed E-state index contributed by atoms with van der Waals surface area (Å²) in [4.78, 5) is 0. The van der Waals surface area contributed by atoms with E-state index < -0.39 is 6.36 Å². The van der Waals surface area contributed by atoms with Crippen LogP contribution in [0.25, 0.3) is 0 Å². The number of alkyl halides is 3. The van der Waals surface area contributed by atoms with Crippen molar-refractivity contribution in [1.29, 1.82) is 0 Å². The maximum atomic E-state index is 11.9. The molecule has 0 aliphatic carbocycles. The van der Waals surface area contributed by atoms with E-state index in [1.54, 1.807) is 6.07 Å². The van der Waals surface area contributed by atoms with Gasteiger partial charge in [0, 0.05) is 0 Å². The lowest BCUT2D eigenvalue weighted by atomic mass is 10.2. The number of nitrogens with two attached hydrogens (primary N) is 1. The van der Waals surface area contributed by atoms with Gasteiger partial charge in [0.2, 0.25) is 0 Å². The van der Waals surface area contributed by atoms with Gasteiger partial charge in [-0.25, -0.2) is 0 Å². The Morgan fingerprint density at radius 1 is 1.47 bits per heavy atom. The van der Waals surface area contributed by atoms with E-state index >= 15 is 0 Å². The molecule has 3 N–H and O–H groups in total. The topological polar surface area (TPSA) is 59.6 Å². The molecule has 0 saturated heterocycles. The molecule has 0 spiro atoms. The highest BCUT2D eigenvalue weighted by Gasteiger charge is 2.30. The summed E-state index contributed by atoms with van der Waals surface area (Å²) in [5.41, 5.74) is 7.79. The molecule has 1 aromatic carbocycles. The van der Waals surface area contributed by atoms with Crippen LogP contribution in [0.3, 0.4) is 0 Å². The van der Waals surface area contributed by atoms with E-state index in [2.05, 4.69) is 27.5 Å². The predicted octanol–water partition coefficient (Wildman–Crippen LogP) is 1.75. The lowest BCUT2D eigenvalue weighted by Crippen LogP contribution is -2.24. The van der Waals surface area contributed by atoms with Crippen LogP contribution in [0.4, 0.5) is 13.2 Å². The Bertz CT molecular complexity index is 434. The smallest absolute Gasteiger partial charge is 0.406 e. The Hall–Kier alpha value is -1.83. The molecule has 0 amide bonds. The van der Waals surface area contributed by atoms with Crippen LogP contribution in [0, 0.1) is 0 Å². The van der Waals surface area contributed by atoms with Crippen LogP contribution in [0.2, 0.25) is 0 Å². The quantitative estimate of drug-likeness (QED) is 0.495. The van der Waals surface area contributed by atoms with Gasteiger partial charge in [-0.2, -0.15) is 5.10 Å². The van der Waals surface area contributed by atoms with Crippen LogP contribution < -0.4 is 15.9 Å². The second-order valence-electron chi connectivity index (χ2n) is 2.85. The predicted molar refractivity (Wildman–Crippen MR) is 60.6 cm³/mol. The van der Waals surface area contributed by atoms with Crippen molar-refractivity contribution >= 4 is 23.5 Å². The highest BCUT2D eigenvalue weighted by Crippen LogP contribution is 2.22. The van der Waals surface area contributed by atoms with Crippen LogP contribution in [-0.4, -0.2) is 17.7 Å². The Balaban J connectivity index is 2.72. The molecule has 1 aromatic rings. The van der Waals surface area contributed by atoms with Crippen LogP contribution in [-0.2, 0) is 0 Å². The Morgan fingerprint density at radius 3 is 2.76 bits per heavy atom. The monoisotopic (exact) mass is 263 g/mol. The molecule has 0 aliphatic rings. The highest BCUT2D eigenvalue weighted by molar-refractivity contribution is 7.80. The molecular weight excluding hydrogens is 255 g/mol. The van der Waals surface area contributed by atoms with Crippen molar-refractivity contribution in [3.63, 3.8) is 0 Å². The second-order valence-corrected chi connectivity index (χ2v) is 3.29. The molecule has 0 atom stereocenters. The third-order valence-electron chi connectivity index (χ3n) is 1.48. The molecule has 1 rings (SSSR count). The summed E-state index contributed by atoms with van der Waals surface area (Å²) in [7, 11) is 0. The van der Waals surface area contributed by atoms with E-state index in [1.165, 1.54) is 24.4 Å². The van der Waals surface area contributed by atoms with Gasteiger partial charge in [-0.1, -0.05) is 12.1 Å². The van der Waals surface area contributed by atoms with Crippen LogP contribution in [0.15, 0.2) is 29.4 Å². The van der Waals surface area contributed by atoms with Crippen molar-refractivity contribution in [3.8, 4) is 5.75 Å². The molecule has 0 aliphatic heterocycles. The fraction of sp³-hybridized carbons (Fsp3) is 0.111. The average molecular weight is 263 g/mol. The van der Waals surface area contributed by atoms with Gasteiger partial charge in [0.05, 0.1) is 6.21 Å². The van der Waals surface area contributed by atoms with Gasteiger partial charge in [0.1, 0.15) is 5.75 Å². The van der Waals surface area contributed by atoms with Crippen molar-refractivity contribution in [2.45, 2.75) is 6.36 Å². The highest BCUT2D eigenvalue weighted by atomic mass is 32.1. The van der Waals surface area contributed by atoms with E-state index in [0.717, 1.165) is 0 Å². The van der Waals surface area contributed by atoms with Crippen molar-refractivity contribution in [3.05, 3.63) is 29.8 Å². The minimum atomic E-state index is -4.72. The number of halogens is 3. The maximum Gasteiger partial charge on any atom is 0.573 e. The Labute approximate surface area is 100 Å². The summed E-state index contributed by atoms with van der Waals surface area (Å²) < 4.78 is 39.5. The molecule has 0 heterocycles. The second kappa shape index (κ2) is 5.48. The summed E-state index contributed by atoms with van der Waals surface area (Å²) >= 11 is 4.49. The first-order valence-electron chi connectivity index (χ1n) is 4.31. The minimum Gasteiger partial charge on any atom is -0.406 e. The van der Waals surface area contributed by atoms with Crippen molar-refractivity contribution < 1.29 is 17.9 Å². The minimum absolute atomic E-state index is 0.0380. The fourth-order valence-corrected chi connectivity index (χ4v) is 1.02. The summed E-state index contributed by atoms with van der Waals surface area (Å²) in [5.74, 6) is -0.322. The molecule has 4 nitrogen and oxygen atoms in total. The van der Waals surface area contributed by atoms with E-state index in [0.29, 0.717) is 5.56 Å². The number of hydrogen-bond acceptors (Lipinski definition) is 3. The maximum absolute atomic E-state index is 11.9. The standard InChI is InChI=1S/C9H8F3N3OS/c10-9(11,12)16-7-3-1-2-6(4-7)5-14-15-8(13)17/h1-5H,(H3,13,15,17)/b14-5+. The number of rotatable bonds is 3. The lowest BCUT2D eigenvalue weighted by Gasteiger charge is -2.08. The Morgan fingerprint density at radius 2 is 2.18 bits per heavy atom. The van der Waals surface area contributed by atoms with Gasteiger partial charge >= 0.3 is 6.36 Å². The fourth-order valence-electron chi connectivity index (χ4n) is 0.962. The van der Waals surface area contributed by atoms with E-state index in [-0.39, 0.29) is 10.9 Å². The Kier molecular flexibility index (Phi) is 4.27. The molecule has 92 valence electrons. The average Bonchev–Trinajstić information content (AvgIpc) is 2.14. The van der Waals surface area contributed by atoms with Crippen molar-refractivity contribution in [2.24, 2.45) is 10.8 Å². The van der Waals surface area contributed by atoms with Gasteiger partial charge < -0.3 is 10.5 Å². The van der Waals surface area contributed by atoms with Crippen LogP contribution >= 0.6 is 12.2 Å². The zero-order chi connectivity index (χ0) is 12.9. The van der Waals surface area contributed by atoms with Gasteiger partial charge in [-0.15, -0.1) is 13.2 Å². The van der Waals surface area contributed by atoms with Crippen LogP contribution in [0.1, 0.15) is 5.56 Å². The number of nitrogens with one attached hydrogen (secondary N) is 1. The molecule has 0 aromatic heterocycles. The molecule has 0 fully saturated rings. The molecule has 17 heavy (non-hydrogen) atoms. The molecule has 0 saturated carbocycles. The summed E-state index contributed by atoms with van der Waals surface area (Å²) in [5, 5.41) is 3.56. The first-order chi connectivity index (χ1) is 7.87. The van der Waals surface area contributed by atoms with Crippen molar-refractivity contribution in [2.75, 3.05) is 0 Å². The lowest BCUT2D eigenvalue weighted by molar-refractivity contribution is -0.274. The van der Waals surface area contributed by atoms with E-state index in [4.69, 9.17) is 5.73 Å². The van der Waals surface area contributed by atoms with Gasteiger partial charge in [-0.05, 0) is 29.9 Å². The number of hydrazone groups is 1. The van der Waals surface area contributed by atoms with Crippen molar-refractivity contribution in [1.82, 2.24) is 5.43 Å². The molecule has 0 bridgehead atoms. The van der Waals surface area contributed by atoms with E-state index in [9.17, 15) is 13.2 Å². The van der Waals surface area contributed by atoms with Gasteiger partial charge in [0.25, 0.3) is 0 Å². The first-order valence-corrected chi connectivity index (χ1v) is 4.72. The first kappa shape index (κ1) is 13.2. The number of nitrogens with zero attached hydrogens (tertiary/aromatic N) is 1. The van der Waals surface area contributed by atoms with Gasteiger partial charge in [-0.3, -0.25) is 5.43 Å². The summed E-state index contributed by atoms with van der Waals surface area (Å²) in [6, 6.07) is 5.32. The number of hydrogen-bond donors (Lipinski definition) is 2. The van der Waals surface area contributed by atoms with Gasteiger partial charge in [0.15, 0.2) is 5.11 Å². The molecule has 0 radical (unpaired) electrons. The largest absolute Gasteiger partial charge is 0.573 e. The summed E-state index contributed by atoms with van der Waals surface area (Å²) in [6.07, 6.45) is -3.45. The third-order valence-corrected chi connectivity index (χ3v) is 1.57. The van der Waals surface area contributed by atoms with Crippen LogP contribution in [0.5, 0.6) is 5.75 Å². The molecular formula is C9H8F3N3OS. The normalized spacial score (nSPS) is 11.5. The number of ether oxygens (including phenoxy) is 1. The molecule has 8 heteroatoms.